The van der Waals surface area contributed by atoms with Crippen LogP contribution in [0.25, 0.3) is 100.0 Å². The summed E-state index contributed by atoms with van der Waals surface area (Å²) < 4.78 is 0. The lowest BCUT2D eigenvalue weighted by Gasteiger charge is -2.26. The predicted molar refractivity (Wildman–Crippen MR) is 247 cm³/mol. The van der Waals surface area contributed by atoms with Gasteiger partial charge in [-0.05, 0) is 89.3 Å². The van der Waals surface area contributed by atoms with Crippen molar-refractivity contribution in [2.75, 3.05) is 0 Å². The molecule has 0 bridgehead atoms. The summed E-state index contributed by atoms with van der Waals surface area (Å²) >= 11 is 0. The molecule has 0 atom stereocenters. The van der Waals surface area contributed by atoms with E-state index in [9.17, 15) is 0 Å². The van der Waals surface area contributed by atoms with Crippen molar-refractivity contribution in [2.45, 2.75) is 19.3 Å². The second-order valence-corrected chi connectivity index (χ2v) is 16.1. The molecule has 0 aliphatic heterocycles. The van der Waals surface area contributed by atoms with Crippen LogP contribution < -0.4 is 0 Å². The minimum absolute atomic E-state index is 0.140. The Bertz CT molecular complexity index is 3220. The molecular weight excluding hydrogens is 713 g/mol. The SMILES string of the molecule is CC1(C)c2c(-c3ccc(-c4ccc(-c5cc(-c6cccc(-c7ccccc7)c6)nc(-c6ccccc6)n5)c5ccccc45)cc3)cccc2-c2ccc3ccccc3c21. The van der Waals surface area contributed by atoms with Gasteiger partial charge >= 0.3 is 0 Å². The first kappa shape index (κ1) is 34.8. The lowest BCUT2D eigenvalue weighted by Crippen LogP contribution is -2.16. The summed E-state index contributed by atoms with van der Waals surface area (Å²) in [5, 5.41) is 4.98. The Kier molecular flexibility index (Phi) is 8.20. The maximum absolute atomic E-state index is 5.24. The molecule has 11 rings (SSSR count). The van der Waals surface area contributed by atoms with Crippen molar-refractivity contribution in [3.63, 3.8) is 0 Å². The maximum Gasteiger partial charge on any atom is 0.160 e. The van der Waals surface area contributed by atoms with E-state index in [1.54, 1.807) is 0 Å². The van der Waals surface area contributed by atoms with Crippen LogP contribution in [0.3, 0.4) is 0 Å². The summed E-state index contributed by atoms with van der Waals surface area (Å²) in [6.07, 6.45) is 0. The highest BCUT2D eigenvalue weighted by molar-refractivity contribution is 6.05. The van der Waals surface area contributed by atoms with Gasteiger partial charge in [0, 0.05) is 22.1 Å². The Balaban J connectivity index is 0.997. The Morgan fingerprint density at radius 2 is 0.831 bits per heavy atom. The van der Waals surface area contributed by atoms with Crippen LogP contribution in [0.5, 0.6) is 0 Å². The molecule has 2 heteroatoms. The molecule has 0 N–H and O–H groups in total. The van der Waals surface area contributed by atoms with Crippen LogP contribution in [0, 0.1) is 0 Å². The molecule has 278 valence electrons. The van der Waals surface area contributed by atoms with E-state index < -0.39 is 0 Å². The quantitative estimate of drug-likeness (QED) is 0.169. The summed E-state index contributed by atoms with van der Waals surface area (Å²) in [7, 11) is 0. The van der Waals surface area contributed by atoms with Gasteiger partial charge in [0.05, 0.1) is 11.4 Å². The van der Waals surface area contributed by atoms with Gasteiger partial charge in [0.1, 0.15) is 0 Å². The minimum atomic E-state index is -0.140. The second-order valence-electron chi connectivity index (χ2n) is 16.1. The molecule has 9 aromatic carbocycles. The van der Waals surface area contributed by atoms with Crippen LogP contribution in [0.15, 0.2) is 206 Å². The van der Waals surface area contributed by atoms with Crippen LogP contribution in [0.4, 0.5) is 0 Å². The number of nitrogens with zero attached hydrogens (tertiary/aromatic N) is 2. The van der Waals surface area contributed by atoms with E-state index in [0.29, 0.717) is 5.82 Å². The van der Waals surface area contributed by atoms with Crippen LogP contribution >= 0.6 is 0 Å². The largest absolute Gasteiger partial charge is 0.228 e. The minimum Gasteiger partial charge on any atom is -0.228 e. The Hall–Kier alpha value is -7.42. The van der Waals surface area contributed by atoms with Gasteiger partial charge in [0.15, 0.2) is 5.82 Å². The molecule has 0 spiro atoms. The normalized spacial score (nSPS) is 12.7. The first-order valence-corrected chi connectivity index (χ1v) is 20.4. The molecule has 0 fully saturated rings. The van der Waals surface area contributed by atoms with Crippen molar-refractivity contribution in [1.82, 2.24) is 9.97 Å². The summed E-state index contributed by atoms with van der Waals surface area (Å²) in [6.45, 7) is 4.78. The molecule has 10 aromatic rings. The standard InChI is InChI=1S/C57H40N2/c1-57(2)54-46(25-14-26-50(54)51-32-31-38-17-9-10-22-45(38)55(51)57)40-29-27-39(28-30-40)44-33-34-49(48-24-12-11-23-47(44)48)53-36-52(58-56(59-53)41-18-7-4-8-19-41)43-21-13-20-42(35-43)37-15-5-3-6-16-37/h3-36H,1-2H3. The number of hydrogen-bond donors (Lipinski definition) is 0. The molecule has 0 saturated carbocycles. The number of aromatic nitrogens is 2. The van der Waals surface area contributed by atoms with Gasteiger partial charge < -0.3 is 0 Å². The first-order chi connectivity index (χ1) is 29.0. The van der Waals surface area contributed by atoms with Crippen LogP contribution in [-0.4, -0.2) is 9.97 Å². The summed E-state index contributed by atoms with van der Waals surface area (Å²) in [5.41, 5.74) is 17.5. The zero-order valence-electron chi connectivity index (χ0n) is 33.0. The van der Waals surface area contributed by atoms with Crippen molar-refractivity contribution in [1.29, 1.82) is 0 Å². The predicted octanol–water partition coefficient (Wildman–Crippen LogP) is 15.1. The number of hydrogen-bond acceptors (Lipinski definition) is 2. The van der Waals surface area contributed by atoms with E-state index in [0.717, 1.165) is 39.0 Å². The summed E-state index contributed by atoms with van der Waals surface area (Å²) in [4.78, 5) is 10.4. The van der Waals surface area contributed by atoms with E-state index in [1.807, 2.05) is 18.2 Å². The fourth-order valence-corrected chi connectivity index (χ4v) is 9.53. The van der Waals surface area contributed by atoms with Crippen molar-refractivity contribution < 1.29 is 0 Å². The van der Waals surface area contributed by atoms with Crippen LogP contribution in [0.1, 0.15) is 25.0 Å². The third kappa shape index (κ3) is 5.87. The maximum atomic E-state index is 5.24. The lowest BCUT2D eigenvalue weighted by molar-refractivity contribution is 0.668. The van der Waals surface area contributed by atoms with E-state index in [4.69, 9.17) is 9.97 Å². The highest BCUT2D eigenvalue weighted by Crippen LogP contribution is 2.54. The fraction of sp³-hybridized carbons (Fsp3) is 0.0526. The van der Waals surface area contributed by atoms with Crippen molar-refractivity contribution in [2.24, 2.45) is 0 Å². The third-order valence-electron chi connectivity index (χ3n) is 12.3. The van der Waals surface area contributed by atoms with Gasteiger partial charge in [-0.15, -0.1) is 0 Å². The van der Waals surface area contributed by atoms with Gasteiger partial charge in [-0.2, -0.15) is 0 Å². The van der Waals surface area contributed by atoms with E-state index in [-0.39, 0.29) is 5.41 Å². The van der Waals surface area contributed by atoms with E-state index in [2.05, 4.69) is 202 Å². The average Bonchev–Trinajstić information content (AvgIpc) is 3.55. The Morgan fingerprint density at radius 3 is 1.59 bits per heavy atom. The molecule has 0 amide bonds. The van der Waals surface area contributed by atoms with Crippen molar-refractivity contribution in [3.05, 3.63) is 217 Å². The number of rotatable bonds is 6. The molecule has 59 heavy (non-hydrogen) atoms. The molecule has 0 radical (unpaired) electrons. The highest BCUT2D eigenvalue weighted by Gasteiger charge is 2.38. The molecule has 1 aromatic heterocycles. The van der Waals surface area contributed by atoms with Gasteiger partial charge in [0.2, 0.25) is 0 Å². The van der Waals surface area contributed by atoms with Gasteiger partial charge in [-0.1, -0.05) is 208 Å². The van der Waals surface area contributed by atoms with Crippen molar-refractivity contribution in [3.8, 4) is 78.4 Å². The smallest absolute Gasteiger partial charge is 0.160 e. The summed E-state index contributed by atoms with van der Waals surface area (Å²) in [6, 6.07) is 74.2. The molecule has 1 aliphatic carbocycles. The Morgan fingerprint density at radius 1 is 0.305 bits per heavy atom. The highest BCUT2D eigenvalue weighted by atomic mass is 14.9. The monoisotopic (exact) mass is 752 g/mol. The lowest BCUT2D eigenvalue weighted by atomic mass is 9.77. The average molecular weight is 753 g/mol. The molecule has 1 heterocycles. The molecular formula is C57H40N2. The molecule has 0 unspecified atom stereocenters. The summed E-state index contributed by atoms with van der Waals surface area (Å²) in [5.74, 6) is 0.707. The zero-order valence-corrected chi connectivity index (χ0v) is 33.0. The second kappa shape index (κ2) is 13.9. The molecule has 2 nitrogen and oxygen atoms in total. The van der Waals surface area contributed by atoms with Gasteiger partial charge in [-0.3, -0.25) is 0 Å². The van der Waals surface area contributed by atoms with Crippen molar-refractivity contribution >= 4 is 21.5 Å². The first-order valence-electron chi connectivity index (χ1n) is 20.4. The van der Waals surface area contributed by atoms with Crippen LogP contribution in [-0.2, 0) is 5.41 Å². The van der Waals surface area contributed by atoms with Gasteiger partial charge in [0.25, 0.3) is 0 Å². The van der Waals surface area contributed by atoms with E-state index >= 15 is 0 Å². The van der Waals surface area contributed by atoms with Crippen LogP contribution in [0.2, 0.25) is 0 Å². The Labute approximate surface area is 345 Å². The number of benzene rings is 9. The fourth-order valence-electron chi connectivity index (χ4n) is 9.53. The van der Waals surface area contributed by atoms with E-state index in [1.165, 1.54) is 66.2 Å². The van der Waals surface area contributed by atoms with Gasteiger partial charge in [-0.25, -0.2) is 9.97 Å². The topological polar surface area (TPSA) is 25.8 Å². The zero-order chi connectivity index (χ0) is 39.5. The third-order valence-corrected chi connectivity index (χ3v) is 12.3. The molecule has 1 aliphatic rings. The molecule has 0 saturated heterocycles. The number of fused-ring (bicyclic) bond motifs is 6.